The molecule has 6 nitrogen and oxygen atoms in total. The van der Waals surface area contributed by atoms with Gasteiger partial charge in [-0.2, -0.15) is 0 Å². The zero-order valence-corrected chi connectivity index (χ0v) is 16.9. The molecule has 28 heavy (non-hydrogen) atoms. The Morgan fingerprint density at radius 3 is 2.61 bits per heavy atom. The van der Waals surface area contributed by atoms with E-state index in [4.69, 9.17) is 21.1 Å². The Morgan fingerprint density at radius 1 is 1.11 bits per heavy atom. The molecule has 1 atom stereocenters. The highest BCUT2D eigenvalue weighted by molar-refractivity contribution is 6.32. The van der Waals surface area contributed by atoms with Gasteiger partial charge in [-0.3, -0.25) is 0 Å². The Morgan fingerprint density at radius 2 is 1.86 bits per heavy atom. The lowest BCUT2D eigenvalue weighted by atomic mass is 10.0. The fraction of sp³-hybridized carbons (Fsp3) is 0.381. The van der Waals surface area contributed by atoms with Crippen LogP contribution in [0.1, 0.15) is 19.4 Å². The molecule has 3 rings (SSSR count). The lowest BCUT2D eigenvalue weighted by molar-refractivity contribution is 0.171. The molecule has 1 aliphatic heterocycles. The predicted octanol–water partition coefficient (Wildman–Crippen LogP) is 4.05. The molecule has 2 amide bonds. The summed E-state index contributed by atoms with van der Waals surface area (Å²) in [6.07, 6.45) is 0. The summed E-state index contributed by atoms with van der Waals surface area (Å²) in [5.74, 6) is 1.54. The van der Waals surface area contributed by atoms with Crippen LogP contribution in [0.2, 0.25) is 5.02 Å². The number of anilines is 1. The van der Waals surface area contributed by atoms with Gasteiger partial charge in [0, 0.05) is 24.8 Å². The number of hydrogen-bond acceptors (Lipinski definition) is 4. The minimum atomic E-state index is -0.230. The number of halogens is 1. The van der Waals surface area contributed by atoms with Crippen molar-refractivity contribution in [1.82, 2.24) is 10.6 Å². The molecule has 2 aromatic rings. The Labute approximate surface area is 170 Å². The summed E-state index contributed by atoms with van der Waals surface area (Å²) < 4.78 is 11.1. The van der Waals surface area contributed by atoms with E-state index >= 15 is 0 Å². The molecule has 1 unspecified atom stereocenters. The maximum Gasteiger partial charge on any atom is 0.315 e. The number of ether oxygens (including phenoxy) is 2. The number of amides is 2. The Bertz CT molecular complexity index is 799. The van der Waals surface area contributed by atoms with Gasteiger partial charge in [-0.05, 0) is 35.7 Å². The quantitative estimate of drug-likeness (QED) is 0.652. The fourth-order valence-electron chi connectivity index (χ4n) is 2.92. The van der Waals surface area contributed by atoms with Crippen molar-refractivity contribution in [2.24, 2.45) is 5.92 Å². The van der Waals surface area contributed by atoms with Crippen molar-refractivity contribution in [2.75, 3.05) is 25.1 Å². The summed E-state index contributed by atoms with van der Waals surface area (Å²) in [6.45, 7) is 6.09. The number of carbonyl (C=O) groups is 1. The summed E-state index contributed by atoms with van der Waals surface area (Å²) >= 11 is 6.24. The third kappa shape index (κ3) is 5.45. The van der Waals surface area contributed by atoms with Crippen molar-refractivity contribution in [2.45, 2.75) is 26.4 Å². The van der Waals surface area contributed by atoms with Crippen LogP contribution in [0.15, 0.2) is 42.5 Å². The van der Waals surface area contributed by atoms with Gasteiger partial charge < -0.3 is 25.4 Å². The Kier molecular flexibility index (Phi) is 6.87. The minimum Gasteiger partial charge on any atom is -0.486 e. The molecular weight excluding hydrogens is 378 g/mol. The molecule has 2 aromatic carbocycles. The largest absolute Gasteiger partial charge is 0.486 e. The van der Waals surface area contributed by atoms with E-state index < -0.39 is 0 Å². The maximum absolute atomic E-state index is 12.2. The highest BCUT2D eigenvalue weighted by Crippen LogP contribution is 2.38. The molecule has 150 valence electrons. The molecule has 7 heteroatoms. The summed E-state index contributed by atoms with van der Waals surface area (Å²) in [4.78, 5) is 12.2. The molecule has 3 N–H and O–H groups in total. The molecule has 0 saturated carbocycles. The molecule has 0 fully saturated rings. The molecule has 0 bridgehead atoms. The van der Waals surface area contributed by atoms with E-state index in [1.807, 2.05) is 36.4 Å². The molecule has 1 aliphatic rings. The number of fused-ring (bicyclic) bond motifs is 1. The summed E-state index contributed by atoms with van der Waals surface area (Å²) in [6, 6.07) is 13.5. The lowest BCUT2D eigenvalue weighted by Crippen LogP contribution is -2.43. The van der Waals surface area contributed by atoms with Gasteiger partial charge in [0.05, 0.1) is 5.02 Å². The average molecular weight is 404 g/mol. The van der Waals surface area contributed by atoms with E-state index in [0.717, 1.165) is 11.3 Å². The highest BCUT2D eigenvalue weighted by atomic mass is 35.5. The number of benzene rings is 2. The van der Waals surface area contributed by atoms with Crippen LogP contribution >= 0.6 is 11.6 Å². The van der Waals surface area contributed by atoms with Gasteiger partial charge in [0.25, 0.3) is 0 Å². The van der Waals surface area contributed by atoms with Gasteiger partial charge in [0.2, 0.25) is 0 Å². The van der Waals surface area contributed by atoms with Crippen LogP contribution in [0.25, 0.3) is 0 Å². The van der Waals surface area contributed by atoms with Crippen LogP contribution in [-0.2, 0) is 6.54 Å². The van der Waals surface area contributed by atoms with Crippen LogP contribution in [-0.4, -0.2) is 31.8 Å². The SMILES string of the molecule is CC(C)C(CNC(=O)NCc1cc(Cl)c2c(c1)OCCO2)Nc1ccccc1. The van der Waals surface area contributed by atoms with Crippen LogP contribution < -0.4 is 25.4 Å². The van der Waals surface area contributed by atoms with Crippen molar-refractivity contribution in [3.63, 3.8) is 0 Å². The Hall–Kier alpha value is -2.60. The molecule has 0 saturated heterocycles. The van der Waals surface area contributed by atoms with E-state index in [9.17, 15) is 4.79 Å². The third-order valence-corrected chi connectivity index (χ3v) is 4.80. The molecule has 0 radical (unpaired) electrons. The van der Waals surface area contributed by atoms with Gasteiger partial charge in [-0.15, -0.1) is 0 Å². The van der Waals surface area contributed by atoms with E-state index in [2.05, 4.69) is 29.8 Å². The van der Waals surface area contributed by atoms with E-state index in [1.165, 1.54) is 0 Å². The first-order valence-electron chi connectivity index (χ1n) is 9.44. The maximum atomic E-state index is 12.2. The lowest BCUT2D eigenvalue weighted by Gasteiger charge is -2.24. The normalized spacial score (nSPS) is 13.7. The molecular formula is C21H26ClN3O3. The van der Waals surface area contributed by atoms with E-state index in [-0.39, 0.29) is 12.1 Å². The number of nitrogens with one attached hydrogen (secondary N) is 3. The first kappa shape index (κ1) is 20.1. The number of urea groups is 1. The van der Waals surface area contributed by atoms with Crippen LogP contribution in [0, 0.1) is 5.92 Å². The summed E-state index contributed by atoms with van der Waals surface area (Å²) in [5.41, 5.74) is 1.89. The molecule has 0 aliphatic carbocycles. The Balaban J connectivity index is 1.50. The van der Waals surface area contributed by atoms with Gasteiger partial charge in [-0.1, -0.05) is 43.6 Å². The minimum absolute atomic E-state index is 0.122. The standard InChI is InChI=1S/C21H26ClN3O3/c1-14(2)18(25-16-6-4-3-5-7-16)13-24-21(26)23-12-15-10-17(22)20-19(11-15)27-8-9-28-20/h3-7,10-11,14,18,25H,8-9,12-13H2,1-2H3,(H2,23,24,26). The zero-order valence-electron chi connectivity index (χ0n) is 16.1. The van der Waals surface area contributed by atoms with Gasteiger partial charge >= 0.3 is 6.03 Å². The first-order chi connectivity index (χ1) is 13.5. The summed E-state index contributed by atoms with van der Waals surface area (Å²) in [7, 11) is 0. The number of rotatable bonds is 7. The first-order valence-corrected chi connectivity index (χ1v) is 9.82. The van der Waals surface area contributed by atoms with Crippen molar-refractivity contribution in [3.8, 4) is 11.5 Å². The van der Waals surface area contributed by atoms with Crippen LogP contribution in [0.5, 0.6) is 11.5 Å². The molecule has 1 heterocycles. The predicted molar refractivity (Wildman–Crippen MR) is 111 cm³/mol. The topological polar surface area (TPSA) is 71.6 Å². The molecule has 0 aromatic heterocycles. The van der Waals surface area contributed by atoms with Gasteiger partial charge in [-0.25, -0.2) is 4.79 Å². The number of carbonyl (C=O) groups excluding carboxylic acids is 1. The molecule has 0 spiro atoms. The number of hydrogen-bond donors (Lipinski definition) is 3. The zero-order chi connectivity index (χ0) is 19.9. The summed E-state index contributed by atoms with van der Waals surface area (Å²) in [5, 5.41) is 9.73. The van der Waals surface area contributed by atoms with Crippen LogP contribution in [0.4, 0.5) is 10.5 Å². The van der Waals surface area contributed by atoms with Crippen molar-refractivity contribution in [3.05, 3.63) is 53.1 Å². The van der Waals surface area contributed by atoms with Crippen molar-refractivity contribution < 1.29 is 14.3 Å². The highest BCUT2D eigenvalue weighted by Gasteiger charge is 2.17. The smallest absolute Gasteiger partial charge is 0.315 e. The van der Waals surface area contributed by atoms with E-state index in [1.54, 1.807) is 6.07 Å². The average Bonchev–Trinajstić information content (AvgIpc) is 2.70. The van der Waals surface area contributed by atoms with Crippen LogP contribution in [0.3, 0.4) is 0 Å². The fourth-order valence-corrected chi connectivity index (χ4v) is 3.20. The van der Waals surface area contributed by atoms with Gasteiger partial charge in [0.15, 0.2) is 11.5 Å². The number of para-hydroxylation sites is 1. The second-order valence-corrected chi connectivity index (χ2v) is 7.43. The van der Waals surface area contributed by atoms with Crippen molar-refractivity contribution in [1.29, 1.82) is 0 Å². The second-order valence-electron chi connectivity index (χ2n) is 7.03. The van der Waals surface area contributed by atoms with Crippen molar-refractivity contribution >= 4 is 23.3 Å². The monoisotopic (exact) mass is 403 g/mol. The van der Waals surface area contributed by atoms with Gasteiger partial charge in [0.1, 0.15) is 13.2 Å². The third-order valence-electron chi connectivity index (χ3n) is 4.52. The van der Waals surface area contributed by atoms with E-state index in [0.29, 0.717) is 48.7 Å². The second kappa shape index (κ2) is 9.55.